The normalized spacial score (nSPS) is 13.3. The number of anilines is 1. The minimum Gasteiger partial charge on any atom is -0.484 e. The van der Waals surface area contributed by atoms with E-state index in [0.717, 1.165) is 35.8 Å². The molecule has 1 aliphatic rings. The molecular formula is C20H18N2O6S. The minimum absolute atomic E-state index is 0.0455. The average molecular weight is 414 g/mol. The number of amides is 1. The summed E-state index contributed by atoms with van der Waals surface area (Å²) in [6.45, 7) is -0.266. The zero-order chi connectivity index (χ0) is 20.6. The van der Waals surface area contributed by atoms with Crippen LogP contribution in [0.1, 0.15) is 17.5 Å². The smallest absolute Gasteiger partial charge is 0.339 e. The molecule has 0 bridgehead atoms. The number of fused-ring (bicyclic) bond motifs is 3. The standard InChI is InChI=1S/C20H18N2O6S/c21-29(25,26)14-7-4-12(5-8-14)22-19(23)11-27-13-6-9-16-15-2-1-3-17(15)20(24)28-18(16)10-13/h4-10H,1-3,11H2,(H,22,23)(H2,21,25,26). The Kier molecular flexibility index (Phi) is 4.85. The van der Waals surface area contributed by atoms with Crippen molar-refractivity contribution in [1.29, 1.82) is 0 Å². The highest BCUT2D eigenvalue weighted by molar-refractivity contribution is 7.89. The summed E-state index contributed by atoms with van der Waals surface area (Å²) >= 11 is 0. The van der Waals surface area contributed by atoms with E-state index >= 15 is 0 Å². The molecule has 29 heavy (non-hydrogen) atoms. The van der Waals surface area contributed by atoms with E-state index in [1.165, 1.54) is 24.3 Å². The van der Waals surface area contributed by atoms with Crippen molar-refractivity contribution in [3.05, 3.63) is 64.0 Å². The molecular weight excluding hydrogens is 396 g/mol. The highest BCUT2D eigenvalue weighted by atomic mass is 32.2. The Morgan fingerprint density at radius 1 is 1.10 bits per heavy atom. The first-order chi connectivity index (χ1) is 13.8. The van der Waals surface area contributed by atoms with Crippen molar-refractivity contribution >= 4 is 32.6 Å². The quantitative estimate of drug-likeness (QED) is 0.614. The molecule has 9 heteroatoms. The van der Waals surface area contributed by atoms with Crippen LogP contribution in [-0.2, 0) is 27.7 Å². The van der Waals surface area contributed by atoms with Crippen molar-refractivity contribution in [2.75, 3.05) is 11.9 Å². The van der Waals surface area contributed by atoms with E-state index in [1.807, 2.05) is 6.07 Å². The Bertz CT molecular complexity index is 1260. The summed E-state index contributed by atoms with van der Waals surface area (Å²) < 4.78 is 33.4. The van der Waals surface area contributed by atoms with E-state index in [9.17, 15) is 18.0 Å². The van der Waals surface area contributed by atoms with E-state index in [4.69, 9.17) is 14.3 Å². The molecule has 0 saturated carbocycles. The molecule has 0 saturated heterocycles. The topological polar surface area (TPSA) is 129 Å². The molecule has 0 spiro atoms. The van der Waals surface area contributed by atoms with Crippen LogP contribution in [0.15, 0.2) is 56.6 Å². The number of aryl methyl sites for hydroxylation is 1. The number of nitrogens with one attached hydrogen (secondary N) is 1. The summed E-state index contributed by atoms with van der Waals surface area (Å²) in [5.41, 5.74) is 2.31. The second-order valence-electron chi connectivity index (χ2n) is 6.76. The van der Waals surface area contributed by atoms with Crippen molar-refractivity contribution in [2.45, 2.75) is 24.2 Å². The van der Waals surface area contributed by atoms with Crippen molar-refractivity contribution in [1.82, 2.24) is 0 Å². The molecule has 3 aromatic rings. The summed E-state index contributed by atoms with van der Waals surface area (Å²) in [4.78, 5) is 24.1. The van der Waals surface area contributed by atoms with Gasteiger partial charge in [0.1, 0.15) is 11.3 Å². The van der Waals surface area contributed by atoms with Crippen molar-refractivity contribution in [3.63, 3.8) is 0 Å². The Balaban J connectivity index is 1.43. The lowest BCUT2D eigenvalue weighted by molar-refractivity contribution is -0.118. The fraction of sp³-hybridized carbons (Fsp3) is 0.200. The first kappa shape index (κ1) is 19.2. The summed E-state index contributed by atoms with van der Waals surface area (Å²) in [7, 11) is -3.79. The molecule has 4 rings (SSSR count). The van der Waals surface area contributed by atoms with E-state index in [-0.39, 0.29) is 17.1 Å². The third kappa shape index (κ3) is 4.01. The molecule has 150 valence electrons. The van der Waals surface area contributed by atoms with Gasteiger partial charge in [0.2, 0.25) is 10.0 Å². The fourth-order valence-electron chi connectivity index (χ4n) is 3.43. The maximum Gasteiger partial charge on any atom is 0.339 e. The van der Waals surface area contributed by atoms with E-state index < -0.39 is 15.9 Å². The molecule has 1 aromatic heterocycles. The second kappa shape index (κ2) is 7.34. The zero-order valence-electron chi connectivity index (χ0n) is 15.3. The lowest BCUT2D eigenvalue weighted by atomic mass is 10.1. The molecule has 0 radical (unpaired) electrons. The number of nitrogens with two attached hydrogens (primary N) is 1. The Labute approximate surface area is 166 Å². The van der Waals surface area contributed by atoms with Gasteiger partial charge in [-0.1, -0.05) is 0 Å². The van der Waals surface area contributed by atoms with Crippen LogP contribution in [0.2, 0.25) is 0 Å². The van der Waals surface area contributed by atoms with Gasteiger partial charge in [-0.2, -0.15) is 0 Å². The van der Waals surface area contributed by atoms with Crippen LogP contribution in [-0.4, -0.2) is 20.9 Å². The van der Waals surface area contributed by atoms with Gasteiger partial charge >= 0.3 is 5.63 Å². The van der Waals surface area contributed by atoms with Crippen molar-refractivity contribution in [2.24, 2.45) is 5.14 Å². The van der Waals surface area contributed by atoms with Crippen LogP contribution in [0.25, 0.3) is 11.0 Å². The Morgan fingerprint density at radius 3 is 2.55 bits per heavy atom. The Morgan fingerprint density at radius 2 is 1.83 bits per heavy atom. The number of primary sulfonamides is 1. The highest BCUT2D eigenvalue weighted by Gasteiger charge is 2.19. The molecule has 1 aliphatic carbocycles. The van der Waals surface area contributed by atoms with Gasteiger partial charge in [0, 0.05) is 22.7 Å². The summed E-state index contributed by atoms with van der Waals surface area (Å²) in [6, 6.07) is 10.6. The van der Waals surface area contributed by atoms with Gasteiger partial charge in [0.15, 0.2) is 6.61 Å². The number of ether oxygens (including phenoxy) is 1. The van der Waals surface area contributed by atoms with E-state index in [1.54, 1.807) is 12.1 Å². The lowest BCUT2D eigenvalue weighted by Gasteiger charge is -2.09. The largest absolute Gasteiger partial charge is 0.484 e. The molecule has 0 unspecified atom stereocenters. The van der Waals surface area contributed by atoms with Gasteiger partial charge < -0.3 is 14.5 Å². The monoisotopic (exact) mass is 414 g/mol. The third-order valence-corrected chi connectivity index (χ3v) is 5.71. The zero-order valence-corrected chi connectivity index (χ0v) is 16.1. The molecule has 1 heterocycles. The first-order valence-electron chi connectivity index (χ1n) is 8.95. The first-order valence-corrected chi connectivity index (χ1v) is 10.5. The van der Waals surface area contributed by atoms with Crippen LogP contribution in [0.4, 0.5) is 5.69 Å². The molecule has 0 aliphatic heterocycles. The number of carbonyl (C=O) groups excluding carboxylic acids is 1. The number of hydrogen-bond acceptors (Lipinski definition) is 6. The predicted octanol–water partition coefficient (Wildman–Crippen LogP) is 1.95. The number of benzene rings is 2. The minimum atomic E-state index is -3.79. The number of carbonyl (C=O) groups is 1. The number of rotatable bonds is 5. The van der Waals surface area contributed by atoms with Crippen LogP contribution >= 0.6 is 0 Å². The van der Waals surface area contributed by atoms with E-state index in [2.05, 4.69) is 5.32 Å². The van der Waals surface area contributed by atoms with Gasteiger partial charge in [-0.15, -0.1) is 0 Å². The molecule has 1 amide bonds. The van der Waals surface area contributed by atoms with Crippen LogP contribution in [0.5, 0.6) is 5.75 Å². The molecule has 2 aromatic carbocycles. The van der Waals surface area contributed by atoms with Gasteiger partial charge in [-0.05, 0) is 61.2 Å². The predicted molar refractivity (Wildman–Crippen MR) is 106 cm³/mol. The molecule has 0 fully saturated rings. The van der Waals surface area contributed by atoms with Crippen molar-refractivity contribution in [3.8, 4) is 5.75 Å². The van der Waals surface area contributed by atoms with Gasteiger partial charge in [0.25, 0.3) is 5.91 Å². The maximum absolute atomic E-state index is 12.1. The third-order valence-electron chi connectivity index (χ3n) is 4.78. The number of hydrogen-bond donors (Lipinski definition) is 2. The summed E-state index contributed by atoms with van der Waals surface area (Å²) in [6.07, 6.45) is 2.53. The Hall–Kier alpha value is -3.17. The molecule has 3 N–H and O–H groups in total. The highest BCUT2D eigenvalue weighted by Crippen LogP contribution is 2.29. The van der Waals surface area contributed by atoms with Crippen LogP contribution in [0, 0.1) is 0 Å². The fourth-order valence-corrected chi connectivity index (χ4v) is 3.94. The summed E-state index contributed by atoms with van der Waals surface area (Å²) in [5.74, 6) is -0.0258. The van der Waals surface area contributed by atoms with Gasteiger partial charge in [0.05, 0.1) is 4.90 Å². The number of sulfonamides is 1. The van der Waals surface area contributed by atoms with Crippen LogP contribution < -0.4 is 20.8 Å². The van der Waals surface area contributed by atoms with Crippen molar-refractivity contribution < 1.29 is 22.4 Å². The SMILES string of the molecule is NS(=O)(=O)c1ccc(NC(=O)COc2ccc3c4c(c(=O)oc3c2)CCC4)cc1. The maximum atomic E-state index is 12.1. The summed E-state index contributed by atoms with van der Waals surface area (Å²) in [5, 5.41) is 8.53. The van der Waals surface area contributed by atoms with Gasteiger partial charge in [-0.25, -0.2) is 18.4 Å². The lowest BCUT2D eigenvalue weighted by Crippen LogP contribution is -2.20. The molecule has 0 atom stereocenters. The molecule has 8 nitrogen and oxygen atoms in total. The van der Waals surface area contributed by atoms with Gasteiger partial charge in [-0.3, -0.25) is 4.79 Å². The van der Waals surface area contributed by atoms with Crippen LogP contribution in [0.3, 0.4) is 0 Å². The second-order valence-corrected chi connectivity index (χ2v) is 8.33. The average Bonchev–Trinajstić information content (AvgIpc) is 3.17. The van der Waals surface area contributed by atoms with E-state index in [0.29, 0.717) is 17.0 Å².